The van der Waals surface area contributed by atoms with Crippen molar-refractivity contribution < 1.29 is 28.9 Å². The molecular weight excluding hydrogens is 524 g/mol. The van der Waals surface area contributed by atoms with Gasteiger partial charge in [-0.05, 0) is 48.9 Å². The summed E-state index contributed by atoms with van der Waals surface area (Å²) in [7, 11) is 0. The number of carbonyl (C=O) groups excluding carboxylic acids is 2. The molecule has 0 amide bonds. The first-order valence-electron chi connectivity index (χ1n) is 10.2. The number of benzene rings is 3. The molecule has 3 aromatic carbocycles. The molecule has 186 valence electrons. The van der Waals surface area contributed by atoms with Gasteiger partial charge in [0.2, 0.25) is 0 Å². The lowest BCUT2D eigenvalue weighted by Gasteiger charge is -2.09. The molecule has 0 saturated carbocycles. The quantitative estimate of drug-likeness (QED) is 0.116. The molecule has 1 heterocycles. The highest BCUT2D eigenvalue weighted by Gasteiger charge is 2.21. The molecule has 4 rings (SSSR count). The van der Waals surface area contributed by atoms with Crippen LogP contribution in [0.5, 0.6) is 11.5 Å². The van der Waals surface area contributed by atoms with Crippen molar-refractivity contribution in [3.05, 3.63) is 92.5 Å². The molecule has 12 nitrogen and oxygen atoms in total. The molecule has 0 aliphatic carbocycles. The van der Waals surface area contributed by atoms with Gasteiger partial charge in [0.05, 0.1) is 20.9 Å². The van der Waals surface area contributed by atoms with E-state index >= 15 is 0 Å². The van der Waals surface area contributed by atoms with Gasteiger partial charge >= 0.3 is 10.6 Å². The van der Waals surface area contributed by atoms with Crippen LogP contribution in [-0.2, 0) is 0 Å². The Hall–Kier alpha value is -4.56. The summed E-state index contributed by atoms with van der Waals surface area (Å²) in [5, 5.41) is 20.1. The zero-order chi connectivity index (χ0) is 26.5. The molecule has 4 aromatic rings. The van der Waals surface area contributed by atoms with E-state index in [1.807, 2.05) is 13.0 Å². The number of carbonyl (C=O) groups is 2. The van der Waals surface area contributed by atoms with Crippen molar-refractivity contribution in [3.8, 4) is 11.5 Å². The molecule has 1 aromatic heterocycles. The van der Waals surface area contributed by atoms with Gasteiger partial charge in [0, 0.05) is 47.8 Å². The minimum absolute atomic E-state index is 0.0777. The maximum atomic E-state index is 12.6. The van der Waals surface area contributed by atoms with E-state index in [9.17, 15) is 29.8 Å². The van der Waals surface area contributed by atoms with Crippen molar-refractivity contribution in [3.63, 3.8) is 0 Å². The van der Waals surface area contributed by atoms with E-state index < -0.39 is 20.4 Å². The number of thioether (sulfide) groups is 2. The fourth-order valence-electron chi connectivity index (χ4n) is 2.93. The van der Waals surface area contributed by atoms with Crippen LogP contribution in [0.3, 0.4) is 0 Å². The van der Waals surface area contributed by atoms with E-state index in [1.54, 1.807) is 12.1 Å². The molecule has 0 aliphatic rings. The van der Waals surface area contributed by atoms with E-state index in [4.69, 9.17) is 9.47 Å². The van der Waals surface area contributed by atoms with Gasteiger partial charge in [-0.15, -0.1) is 0 Å². The molecule has 0 spiro atoms. The smallest absolute Gasteiger partial charge is 0.379 e. The summed E-state index contributed by atoms with van der Waals surface area (Å²) in [6, 6.07) is 15.2. The van der Waals surface area contributed by atoms with Gasteiger partial charge in [0.15, 0.2) is 0 Å². The number of aryl methyl sites for hydroxylation is 1. The fraction of sp³-hybridized carbons (Fsp3) is 0.0435. The highest BCUT2D eigenvalue weighted by Crippen LogP contribution is 2.33. The Morgan fingerprint density at radius 3 is 1.57 bits per heavy atom. The number of non-ortho nitro benzene ring substituents is 2. The van der Waals surface area contributed by atoms with Crippen LogP contribution in [0, 0.1) is 27.2 Å². The van der Waals surface area contributed by atoms with Crippen molar-refractivity contribution in [2.24, 2.45) is 0 Å². The Kier molecular flexibility index (Phi) is 7.60. The molecule has 0 atom stereocenters. The van der Waals surface area contributed by atoms with Crippen LogP contribution in [0.4, 0.5) is 21.0 Å². The summed E-state index contributed by atoms with van der Waals surface area (Å²) in [6.45, 7) is 1.86. The predicted octanol–water partition coefficient (Wildman–Crippen LogP) is 6.34. The Bertz CT molecular complexity index is 1530. The lowest BCUT2D eigenvalue weighted by molar-refractivity contribution is -0.385. The largest absolute Gasteiger partial charge is 0.418 e. The number of fused-ring (bicyclic) bond motifs is 1. The summed E-state index contributed by atoms with van der Waals surface area (Å²) in [5.41, 5.74) is 1.55. The number of nitro benzene ring substituents is 2. The first-order chi connectivity index (χ1) is 17.7. The van der Waals surface area contributed by atoms with Gasteiger partial charge in [0.25, 0.3) is 11.4 Å². The highest BCUT2D eigenvalue weighted by molar-refractivity contribution is 8.16. The van der Waals surface area contributed by atoms with Crippen molar-refractivity contribution in [1.82, 2.24) is 9.97 Å². The van der Waals surface area contributed by atoms with Crippen LogP contribution >= 0.6 is 23.5 Å². The zero-order valence-electron chi connectivity index (χ0n) is 18.7. The van der Waals surface area contributed by atoms with Gasteiger partial charge in [-0.2, -0.15) is 0 Å². The Morgan fingerprint density at radius 2 is 1.14 bits per heavy atom. The van der Waals surface area contributed by atoms with Gasteiger partial charge < -0.3 is 9.47 Å². The van der Waals surface area contributed by atoms with Crippen molar-refractivity contribution >= 4 is 56.5 Å². The van der Waals surface area contributed by atoms with E-state index in [2.05, 4.69) is 9.97 Å². The summed E-state index contributed by atoms with van der Waals surface area (Å²) in [4.78, 5) is 54.5. The number of nitro groups is 2. The summed E-state index contributed by atoms with van der Waals surface area (Å²) in [6.07, 6.45) is 0. The maximum Gasteiger partial charge on any atom is 0.379 e. The summed E-state index contributed by atoms with van der Waals surface area (Å²) in [5.74, 6) is 0.165. The summed E-state index contributed by atoms with van der Waals surface area (Å²) >= 11 is 1.15. The average Bonchev–Trinajstić information content (AvgIpc) is 2.85. The van der Waals surface area contributed by atoms with Crippen LogP contribution in [0.1, 0.15) is 5.56 Å². The van der Waals surface area contributed by atoms with Gasteiger partial charge in [-0.25, -0.2) is 19.6 Å². The third-order valence-corrected chi connectivity index (χ3v) is 6.20. The van der Waals surface area contributed by atoms with Crippen LogP contribution < -0.4 is 9.47 Å². The Labute approximate surface area is 216 Å². The molecule has 0 saturated heterocycles. The third-order valence-electron chi connectivity index (χ3n) is 4.62. The molecular formula is C23H14N4O8S2. The minimum Gasteiger partial charge on any atom is -0.418 e. The van der Waals surface area contributed by atoms with Gasteiger partial charge in [-0.1, -0.05) is 6.07 Å². The number of hydrogen-bond acceptors (Lipinski definition) is 12. The topological polar surface area (TPSA) is 165 Å². The predicted molar refractivity (Wildman–Crippen MR) is 134 cm³/mol. The highest BCUT2D eigenvalue weighted by atomic mass is 32.2. The standard InChI is InChI=1S/C23H14N4O8S2/c1-13-2-11-18-19(12-13)25-21(37-23(29)35-17-9-5-15(6-10-17)27(32)33)20(24-18)36-22(28)34-16-7-3-14(4-8-16)26(30)31/h2-12H,1H3. The first-order valence-corrected chi connectivity index (χ1v) is 11.9. The van der Waals surface area contributed by atoms with Crippen molar-refractivity contribution in [2.45, 2.75) is 17.0 Å². The van der Waals surface area contributed by atoms with Crippen LogP contribution in [0.15, 0.2) is 76.8 Å². The first kappa shape index (κ1) is 25.5. The molecule has 37 heavy (non-hydrogen) atoms. The second-order valence-corrected chi connectivity index (χ2v) is 9.08. The fourth-order valence-corrected chi connectivity index (χ4v) is 4.32. The van der Waals surface area contributed by atoms with Crippen molar-refractivity contribution in [2.75, 3.05) is 0 Å². The van der Waals surface area contributed by atoms with E-state index in [0.717, 1.165) is 5.56 Å². The van der Waals surface area contributed by atoms with E-state index in [0.29, 0.717) is 34.6 Å². The average molecular weight is 539 g/mol. The number of rotatable bonds is 6. The number of aromatic nitrogens is 2. The molecule has 14 heteroatoms. The van der Waals surface area contributed by atoms with E-state index in [-0.39, 0.29) is 32.9 Å². The molecule has 0 aliphatic heterocycles. The summed E-state index contributed by atoms with van der Waals surface area (Å²) < 4.78 is 10.5. The van der Waals surface area contributed by atoms with Crippen molar-refractivity contribution in [1.29, 1.82) is 0 Å². The Balaban J connectivity index is 1.55. The lowest BCUT2D eigenvalue weighted by Crippen LogP contribution is -2.05. The van der Waals surface area contributed by atoms with Crippen LogP contribution in [0.2, 0.25) is 0 Å². The number of ether oxygens (including phenoxy) is 2. The second-order valence-electron chi connectivity index (χ2n) is 7.24. The number of hydrogen-bond donors (Lipinski definition) is 0. The number of nitrogens with zero attached hydrogens (tertiary/aromatic N) is 4. The van der Waals surface area contributed by atoms with Crippen LogP contribution in [0.25, 0.3) is 11.0 Å². The molecule has 0 radical (unpaired) electrons. The van der Waals surface area contributed by atoms with Gasteiger partial charge in [-0.3, -0.25) is 20.2 Å². The van der Waals surface area contributed by atoms with E-state index in [1.165, 1.54) is 48.5 Å². The molecule has 0 bridgehead atoms. The monoisotopic (exact) mass is 538 g/mol. The second kappa shape index (κ2) is 11.0. The van der Waals surface area contributed by atoms with Crippen LogP contribution in [-0.4, -0.2) is 30.4 Å². The molecule has 0 N–H and O–H groups in total. The van der Waals surface area contributed by atoms with Gasteiger partial charge in [0.1, 0.15) is 21.6 Å². The lowest BCUT2D eigenvalue weighted by atomic mass is 10.2. The maximum absolute atomic E-state index is 12.6. The zero-order valence-corrected chi connectivity index (χ0v) is 20.4. The third kappa shape index (κ3) is 6.56. The molecule has 0 fully saturated rings. The SMILES string of the molecule is Cc1ccc2nc(SC(=O)Oc3ccc([N+](=O)[O-])cc3)c(SC(=O)Oc3ccc([N+](=O)[O-])cc3)nc2c1. The normalized spacial score (nSPS) is 10.6. The minimum atomic E-state index is -0.805. The Morgan fingerprint density at radius 1 is 0.703 bits per heavy atom. The molecule has 0 unspecified atom stereocenters.